The van der Waals surface area contributed by atoms with E-state index in [2.05, 4.69) is 4.74 Å². The van der Waals surface area contributed by atoms with Crippen LogP contribution in [0, 0.1) is 0 Å². The molecular formula is C16H12F2NO7S-. The molecule has 0 bridgehead atoms. The first kappa shape index (κ1) is 19.1. The summed E-state index contributed by atoms with van der Waals surface area (Å²) in [5.74, 6) is -3.94. The second-order valence-corrected chi connectivity index (χ2v) is 7.39. The highest BCUT2D eigenvalue weighted by Crippen LogP contribution is 2.36. The zero-order chi connectivity index (χ0) is 20.0. The molecule has 0 saturated heterocycles. The molecule has 0 saturated carbocycles. The van der Waals surface area contributed by atoms with Gasteiger partial charge >= 0.3 is 11.2 Å². The summed E-state index contributed by atoms with van der Waals surface area (Å²) in [6, 6.07) is 4.36. The number of carbonyl (C=O) groups is 3. The van der Waals surface area contributed by atoms with Gasteiger partial charge in [-0.15, -0.1) is 0 Å². The van der Waals surface area contributed by atoms with E-state index in [4.69, 9.17) is 0 Å². The van der Waals surface area contributed by atoms with Crippen LogP contribution in [0.25, 0.3) is 0 Å². The van der Waals surface area contributed by atoms with Crippen molar-refractivity contribution in [1.29, 1.82) is 0 Å². The van der Waals surface area contributed by atoms with Crippen molar-refractivity contribution in [3.63, 3.8) is 0 Å². The topological polar surface area (TPSA) is 121 Å². The Morgan fingerprint density at radius 1 is 1.04 bits per heavy atom. The van der Waals surface area contributed by atoms with Crippen LogP contribution in [0.4, 0.5) is 14.5 Å². The van der Waals surface area contributed by atoms with Gasteiger partial charge in [-0.25, -0.2) is 18.1 Å². The molecule has 1 aromatic rings. The molecular weight excluding hydrogens is 388 g/mol. The van der Waals surface area contributed by atoms with Crippen LogP contribution in [-0.4, -0.2) is 36.0 Å². The van der Waals surface area contributed by atoms with Gasteiger partial charge < -0.3 is 9.29 Å². The minimum Gasteiger partial charge on any atom is -0.743 e. The molecule has 0 aromatic heterocycles. The number of carbonyl (C=O) groups excluding carboxylic acids is 3. The molecule has 144 valence electrons. The number of benzene rings is 1. The number of hydrogen-bond acceptors (Lipinski definition) is 7. The molecule has 3 rings (SSSR count). The van der Waals surface area contributed by atoms with Gasteiger partial charge in [-0.3, -0.25) is 9.59 Å². The van der Waals surface area contributed by atoms with Crippen molar-refractivity contribution in [3.8, 4) is 5.75 Å². The molecule has 11 heteroatoms. The fourth-order valence-corrected chi connectivity index (χ4v) is 3.15. The summed E-state index contributed by atoms with van der Waals surface area (Å²) < 4.78 is 61.7. The molecule has 0 radical (unpaired) electrons. The van der Waals surface area contributed by atoms with Gasteiger partial charge in [0.1, 0.15) is 5.75 Å². The SMILES string of the molecule is O=C1C2=C(CCCC2)C(=O)N1c1ccc(OC(=O)C(F)(F)S(=O)(=O)[O-])cc1. The van der Waals surface area contributed by atoms with E-state index < -0.39 is 38.9 Å². The summed E-state index contributed by atoms with van der Waals surface area (Å²) in [4.78, 5) is 37.0. The molecule has 0 spiro atoms. The Morgan fingerprint density at radius 3 is 1.96 bits per heavy atom. The van der Waals surface area contributed by atoms with Gasteiger partial charge in [0, 0.05) is 11.1 Å². The zero-order valence-electron chi connectivity index (χ0n) is 13.6. The van der Waals surface area contributed by atoms with E-state index in [1.807, 2.05) is 0 Å². The van der Waals surface area contributed by atoms with Gasteiger partial charge in [0.2, 0.25) is 0 Å². The normalized spacial score (nSPS) is 18.0. The molecule has 1 aliphatic heterocycles. The van der Waals surface area contributed by atoms with Crippen LogP contribution in [0.2, 0.25) is 0 Å². The Morgan fingerprint density at radius 2 is 1.52 bits per heavy atom. The number of nitrogens with zero attached hydrogens (tertiary/aromatic N) is 1. The van der Waals surface area contributed by atoms with Crippen LogP contribution in [0.1, 0.15) is 25.7 Å². The van der Waals surface area contributed by atoms with Crippen molar-refractivity contribution < 1.29 is 40.9 Å². The first-order valence-electron chi connectivity index (χ1n) is 7.80. The summed E-state index contributed by atoms with van der Waals surface area (Å²) in [7, 11) is -6.23. The summed E-state index contributed by atoms with van der Waals surface area (Å²) in [6.45, 7) is 0. The minimum atomic E-state index is -6.23. The van der Waals surface area contributed by atoms with Crippen LogP contribution < -0.4 is 9.64 Å². The molecule has 1 heterocycles. The van der Waals surface area contributed by atoms with Crippen LogP contribution in [0.3, 0.4) is 0 Å². The van der Waals surface area contributed by atoms with E-state index in [1.54, 1.807) is 0 Å². The number of rotatable bonds is 4. The van der Waals surface area contributed by atoms with E-state index in [0.717, 1.165) is 29.9 Å². The average Bonchev–Trinajstić information content (AvgIpc) is 2.86. The number of alkyl halides is 2. The van der Waals surface area contributed by atoms with E-state index in [-0.39, 0.29) is 5.69 Å². The van der Waals surface area contributed by atoms with Crippen LogP contribution in [0.5, 0.6) is 5.75 Å². The average molecular weight is 400 g/mol. The standard InChI is InChI=1S/C16H13F2NO7S/c17-16(18,27(23,24)25)15(22)26-10-7-5-9(6-8-10)19-13(20)11-3-1-2-4-12(11)14(19)21/h5-8H,1-4H2,(H,23,24,25)/p-1. The number of anilines is 1. The van der Waals surface area contributed by atoms with Crippen molar-refractivity contribution in [2.24, 2.45) is 0 Å². The third-order valence-electron chi connectivity index (χ3n) is 4.25. The maximum atomic E-state index is 13.1. The lowest BCUT2D eigenvalue weighted by Gasteiger charge is -2.18. The summed E-state index contributed by atoms with van der Waals surface area (Å²) in [6.07, 6.45) is 2.62. The van der Waals surface area contributed by atoms with Gasteiger partial charge in [0.15, 0.2) is 10.1 Å². The van der Waals surface area contributed by atoms with Crippen LogP contribution in [0.15, 0.2) is 35.4 Å². The molecule has 8 nitrogen and oxygen atoms in total. The lowest BCUT2D eigenvalue weighted by atomic mass is 9.93. The first-order chi connectivity index (χ1) is 12.5. The van der Waals surface area contributed by atoms with Gasteiger partial charge in [0.25, 0.3) is 11.8 Å². The van der Waals surface area contributed by atoms with Crippen molar-refractivity contribution in [3.05, 3.63) is 35.4 Å². The highest BCUT2D eigenvalue weighted by Gasteiger charge is 2.49. The fraction of sp³-hybridized carbons (Fsp3) is 0.312. The highest BCUT2D eigenvalue weighted by molar-refractivity contribution is 7.87. The molecule has 2 aliphatic rings. The summed E-state index contributed by atoms with van der Waals surface area (Å²) in [5, 5.41) is -5.24. The predicted octanol–water partition coefficient (Wildman–Crippen LogP) is 1.47. The molecule has 2 amide bonds. The van der Waals surface area contributed by atoms with E-state index in [9.17, 15) is 36.1 Å². The molecule has 0 fully saturated rings. The van der Waals surface area contributed by atoms with E-state index in [0.29, 0.717) is 24.0 Å². The maximum absolute atomic E-state index is 13.1. The Balaban J connectivity index is 1.78. The first-order valence-corrected chi connectivity index (χ1v) is 9.21. The fourth-order valence-electron chi connectivity index (χ4n) is 2.91. The molecule has 0 N–H and O–H groups in total. The Labute approximate surface area is 152 Å². The number of amides is 2. The zero-order valence-corrected chi connectivity index (χ0v) is 14.4. The number of imide groups is 1. The van der Waals surface area contributed by atoms with E-state index >= 15 is 0 Å². The van der Waals surface area contributed by atoms with E-state index in [1.165, 1.54) is 12.1 Å². The third-order valence-corrected chi connectivity index (χ3v) is 5.04. The Hall–Kier alpha value is -2.66. The summed E-state index contributed by atoms with van der Waals surface area (Å²) >= 11 is 0. The highest BCUT2D eigenvalue weighted by atomic mass is 32.2. The minimum absolute atomic E-state index is 0.141. The number of halogens is 2. The van der Waals surface area contributed by atoms with Crippen molar-refractivity contribution in [2.75, 3.05) is 4.90 Å². The second kappa shape index (κ2) is 6.50. The maximum Gasteiger partial charge on any atom is 0.429 e. The molecule has 27 heavy (non-hydrogen) atoms. The lowest BCUT2D eigenvalue weighted by molar-refractivity contribution is -0.151. The lowest BCUT2D eigenvalue weighted by Crippen LogP contribution is -2.40. The van der Waals surface area contributed by atoms with Gasteiger partial charge in [0.05, 0.1) is 5.69 Å². The Bertz CT molecular complexity index is 939. The third kappa shape index (κ3) is 3.23. The molecule has 0 atom stereocenters. The van der Waals surface area contributed by atoms with Crippen molar-refractivity contribution >= 4 is 33.6 Å². The summed E-state index contributed by atoms with van der Waals surface area (Å²) in [5.41, 5.74) is 1.06. The van der Waals surface area contributed by atoms with Crippen LogP contribution >= 0.6 is 0 Å². The van der Waals surface area contributed by atoms with Crippen molar-refractivity contribution in [2.45, 2.75) is 30.9 Å². The second-order valence-electron chi connectivity index (χ2n) is 5.96. The molecule has 0 unspecified atom stereocenters. The smallest absolute Gasteiger partial charge is 0.429 e. The number of hydrogen-bond donors (Lipinski definition) is 0. The Kier molecular flexibility index (Phi) is 4.60. The number of ether oxygens (including phenoxy) is 1. The van der Waals surface area contributed by atoms with Gasteiger partial charge in [-0.05, 0) is 49.9 Å². The van der Waals surface area contributed by atoms with Crippen molar-refractivity contribution in [1.82, 2.24) is 0 Å². The van der Waals surface area contributed by atoms with Gasteiger partial charge in [-0.1, -0.05) is 0 Å². The largest absolute Gasteiger partial charge is 0.743 e. The predicted molar refractivity (Wildman–Crippen MR) is 84.7 cm³/mol. The van der Waals surface area contributed by atoms with Crippen LogP contribution in [-0.2, 0) is 24.5 Å². The van der Waals surface area contributed by atoms with Gasteiger partial charge in [-0.2, -0.15) is 8.78 Å². The molecule has 1 aliphatic carbocycles. The quantitative estimate of drug-likeness (QED) is 0.325. The molecule has 1 aromatic carbocycles. The monoisotopic (exact) mass is 400 g/mol. The number of esters is 1.